The number of carbonyl (C=O) groups is 1. The molecule has 0 aromatic heterocycles. The van der Waals surface area contributed by atoms with Crippen LogP contribution in [0.5, 0.6) is 0 Å². The molecule has 1 aromatic rings. The van der Waals surface area contributed by atoms with Gasteiger partial charge in [-0.1, -0.05) is 19.1 Å². The third-order valence-electron chi connectivity index (χ3n) is 2.75. The Hall–Kier alpha value is -2.21. The second-order valence-corrected chi connectivity index (χ2v) is 4.55. The number of amides is 1. The molecule has 6 nitrogen and oxygen atoms in total. The SMILES string of the molecule is CC(CCO)CNC(=O)C=Cc1cccc([N+](=O)[O-])c1. The number of hydrogen-bond acceptors (Lipinski definition) is 4. The van der Waals surface area contributed by atoms with Crippen LogP contribution in [0.25, 0.3) is 6.08 Å². The number of aliphatic hydroxyl groups excluding tert-OH is 1. The van der Waals surface area contributed by atoms with E-state index in [4.69, 9.17) is 5.11 Å². The van der Waals surface area contributed by atoms with Crippen molar-refractivity contribution in [3.8, 4) is 0 Å². The lowest BCUT2D eigenvalue weighted by molar-refractivity contribution is -0.384. The smallest absolute Gasteiger partial charge is 0.270 e. The zero-order valence-corrected chi connectivity index (χ0v) is 11.3. The van der Waals surface area contributed by atoms with Gasteiger partial charge in [0.05, 0.1) is 4.92 Å². The average Bonchev–Trinajstić information content (AvgIpc) is 2.43. The Morgan fingerprint density at radius 1 is 1.55 bits per heavy atom. The number of rotatable bonds is 7. The number of non-ortho nitro benzene ring substituents is 1. The Bertz CT molecular complexity index is 500. The fraction of sp³-hybridized carbons (Fsp3) is 0.357. The summed E-state index contributed by atoms with van der Waals surface area (Å²) in [5.41, 5.74) is 0.585. The number of nitrogens with one attached hydrogen (secondary N) is 1. The summed E-state index contributed by atoms with van der Waals surface area (Å²) in [6, 6.07) is 6.05. The lowest BCUT2D eigenvalue weighted by Crippen LogP contribution is -2.26. The first kappa shape index (κ1) is 15.8. The Morgan fingerprint density at radius 2 is 2.30 bits per heavy atom. The van der Waals surface area contributed by atoms with E-state index in [2.05, 4.69) is 5.32 Å². The minimum absolute atomic E-state index is 0.0101. The quantitative estimate of drug-likeness (QED) is 0.451. The molecule has 0 spiro atoms. The summed E-state index contributed by atoms with van der Waals surface area (Å²) in [6.45, 7) is 2.51. The van der Waals surface area contributed by atoms with Crippen molar-refractivity contribution in [1.82, 2.24) is 5.32 Å². The number of nitrogens with zero attached hydrogens (tertiary/aromatic N) is 1. The molecule has 1 rings (SSSR count). The van der Waals surface area contributed by atoms with Gasteiger partial charge in [-0.2, -0.15) is 0 Å². The molecule has 0 aliphatic heterocycles. The van der Waals surface area contributed by atoms with Gasteiger partial charge in [0.25, 0.3) is 5.69 Å². The predicted octanol–water partition coefficient (Wildman–Crippen LogP) is 1.74. The number of carbonyl (C=O) groups excluding carboxylic acids is 1. The lowest BCUT2D eigenvalue weighted by Gasteiger charge is -2.09. The van der Waals surface area contributed by atoms with E-state index in [0.717, 1.165) is 0 Å². The van der Waals surface area contributed by atoms with Crippen LogP contribution in [0.1, 0.15) is 18.9 Å². The van der Waals surface area contributed by atoms with Crippen molar-refractivity contribution in [3.05, 3.63) is 46.0 Å². The van der Waals surface area contributed by atoms with Crippen LogP contribution in [0.15, 0.2) is 30.3 Å². The predicted molar refractivity (Wildman–Crippen MR) is 76.0 cm³/mol. The second-order valence-electron chi connectivity index (χ2n) is 4.55. The Labute approximate surface area is 117 Å². The maximum absolute atomic E-state index is 11.5. The molecule has 0 bridgehead atoms. The van der Waals surface area contributed by atoms with Crippen molar-refractivity contribution >= 4 is 17.7 Å². The largest absolute Gasteiger partial charge is 0.396 e. The van der Waals surface area contributed by atoms with Gasteiger partial charge in [0, 0.05) is 31.4 Å². The third kappa shape index (κ3) is 5.62. The number of nitro groups is 1. The van der Waals surface area contributed by atoms with Gasteiger partial charge in [0.15, 0.2) is 0 Å². The summed E-state index contributed by atoms with van der Waals surface area (Å²) >= 11 is 0. The zero-order valence-electron chi connectivity index (χ0n) is 11.3. The molecule has 1 unspecified atom stereocenters. The molecule has 0 fully saturated rings. The van der Waals surface area contributed by atoms with Crippen molar-refractivity contribution in [2.24, 2.45) is 5.92 Å². The van der Waals surface area contributed by atoms with E-state index in [1.165, 1.54) is 24.3 Å². The molecule has 0 heterocycles. The van der Waals surface area contributed by atoms with Crippen LogP contribution in [-0.2, 0) is 4.79 Å². The fourth-order valence-electron chi connectivity index (χ4n) is 1.57. The van der Waals surface area contributed by atoms with Gasteiger partial charge in [0.1, 0.15) is 0 Å². The van der Waals surface area contributed by atoms with E-state index >= 15 is 0 Å². The third-order valence-corrected chi connectivity index (χ3v) is 2.75. The molecule has 0 radical (unpaired) electrons. The maximum atomic E-state index is 11.5. The van der Waals surface area contributed by atoms with Gasteiger partial charge in [0.2, 0.25) is 5.91 Å². The average molecular weight is 278 g/mol. The van der Waals surface area contributed by atoms with Crippen LogP contribution in [0.2, 0.25) is 0 Å². The van der Waals surface area contributed by atoms with Gasteiger partial charge < -0.3 is 10.4 Å². The normalized spacial score (nSPS) is 12.3. The standard InChI is InChI=1S/C14H18N2O4/c1-11(7-8-17)10-15-14(18)6-5-12-3-2-4-13(9-12)16(19)20/h2-6,9,11,17H,7-8,10H2,1H3,(H,15,18). The van der Waals surface area contributed by atoms with E-state index in [-0.39, 0.29) is 24.1 Å². The van der Waals surface area contributed by atoms with Crippen LogP contribution in [0, 0.1) is 16.0 Å². The van der Waals surface area contributed by atoms with Crippen molar-refractivity contribution in [2.45, 2.75) is 13.3 Å². The molecule has 1 amide bonds. The van der Waals surface area contributed by atoms with E-state index < -0.39 is 4.92 Å². The topological polar surface area (TPSA) is 92.5 Å². The molecule has 6 heteroatoms. The van der Waals surface area contributed by atoms with E-state index in [0.29, 0.717) is 18.5 Å². The van der Waals surface area contributed by atoms with Crippen LogP contribution in [0.3, 0.4) is 0 Å². The summed E-state index contributed by atoms with van der Waals surface area (Å²) in [5, 5.41) is 22.1. The van der Waals surface area contributed by atoms with Gasteiger partial charge in [-0.05, 0) is 24.0 Å². The molecule has 20 heavy (non-hydrogen) atoms. The highest BCUT2D eigenvalue weighted by Gasteiger charge is 2.05. The lowest BCUT2D eigenvalue weighted by atomic mass is 10.1. The van der Waals surface area contributed by atoms with Crippen molar-refractivity contribution in [2.75, 3.05) is 13.2 Å². The summed E-state index contributed by atoms with van der Waals surface area (Å²) < 4.78 is 0. The first-order chi connectivity index (χ1) is 9.52. The zero-order chi connectivity index (χ0) is 15.0. The first-order valence-corrected chi connectivity index (χ1v) is 6.34. The van der Waals surface area contributed by atoms with E-state index in [1.54, 1.807) is 12.1 Å². The van der Waals surface area contributed by atoms with Gasteiger partial charge in [-0.25, -0.2) is 0 Å². The minimum atomic E-state index is -0.478. The highest BCUT2D eigenvalue weighted by molar-refractivity contribution is 5.91. The molecule has 0 saturated carbocycles. The van der Waals surface area contributed by atoms with Crippen molar-refractivity contribution in [3.63, 3.8) is 0 Å². The highest BCUT2D eigenvalue weighted by Crippen LogP contribution is 2.13. The molecule has 108 valence electrons. The molecule has 0 aliphatic carbocycles. The number of benzene rings is 1. The first-order valence-electron chi connectivity index (χ1n) is 6.34. The van der Waals surface area contributed by atoms with Gasteiger partial charge >= 0.3 is 0 Å². The summed E-state index contributed by atoms with van der Waals surface area (Å²) in [4.78, 5) is 21.7. The second kappa shape index (κ2) is 8.06. The monoisotopic (exact) mass is 278 g/mol. The van der Waals surface area contributed by atoms with Crippen LogP contribution in [-0.4, -0.2) is 29.1 Å². The van der Waals surface area contributed by atoms with E-state index in [9.17, 15) is 14.9 Å². The van der Waals surface area contributed by atoms with Crippen molar-refractivity contribution in [1.29, 1.82) is 0 Å². The molecule has 0 saturated heterocycles. The Kier molecular flexibility index (Phi) is 6.39. The molecule has 0 aliphatic rings. The molecule has 1 aromatic carbocycles. The van der Waals surface area contributed by atoms with Gasteiger partial charge in [-0.3, -0.25) is 14.9 Å². The number of aliphatic hydroxyl groups is 1. The number of nitro benzene ring substituents is 1. The Balaban J connectivity index is 2.53. The summed E-state index contributed by atoms with van der Waals surface area (Å²) in [6.07, 6.45) is 3.50. The minimum Gasteiger partial charge on any atom is -0.396 e. The Morgan fingerprint density at radius 3 is 2.95 bits per heavy atom. The molecular weight excluding hydrogens is 260 g/mol. The molecule has 2 N–H and O–H groups in total. The van der Waals surface area contributed by atoms with Crippen LogP contribution < -0.4 is 5.32 Å². The van der Waals surface area contributed by atoms with Gasteiger partial charge in [-0.15, -0.1) is 0 Å². The highest BCUT2D eigenvalue weighted by atomic mass is 16.6. The molecule has 1 atom stereocenters. The van der Waals surface area contributed by atoms with Crippen LogP contribution in [0.4, 0.5) is 5.69 Å². The molecular formula is C14H18N2O4. The van der Waals surface area contributed by atoms with E-state index in [1.807, 2.05) is 6.92 Å². The maximum Gasteiger partial charge on any atom is 0.270 e. The van der Waals surface area contributed by atoms with Crippen LogP contribution >= 0.6 is 0 Å². The van der Waals surface area contributed by atoms with Crippen molar-refractivity contribution < 1.29 is 14.8 Å². The number of hydrogen-bond donors (Lipinski definition) is 2. The summed E-state index contributed by atoms with van der Waals surface area (Å²) in [7, 11) is 0. The fourth-order valence-corrected chi connectivity index (χ4v) is 1.57. The summed E-state index contributed by atoms with van der Waals surface area (Å²) in [5.74, 6) is -0.0588.